The summed E-state index contributed by atoms with van der Waals surface area (Å²) in [5.41, 5.74) is 6.60. The molecular formula is C17H35N3. The first-order valence-electron chi connectivity index (χ1n) is 8.79. The quantitative estimate of drug-likeness (QED) is 0.812. The van der Waals surface area contributed by atoms with Gasteiger partial charge in [-0.15, -0.1) is 0 Å². The van der Waals surface area contributed by atoms with Gasteiger partial charge in [-0.1, -0.05) is 33.6 Å². The van der Waals surface area contributed by atoms with E-state index >= 15 is 0 Å². The zero-order chi connectivity index (χ0) is 14.6. The van der Waals surface area contributed by atoms with Gasteiger partial charge in [0.1, 0.15) is 0 Å². The Kier molecular flexibility index (Phi) is 5.88. The molecule has 1 saturated heterocycles. The van der Waals surface area contributed by atoms with E-state index in [1.807, 2.05) is 0 Å². The van der Waals surface area contributed by atoms with Crippen molar-refractivity contribution in [1.29, 1.82) is 0 Å². The van der Waals surface area contributed by atoms with Gasteiger partial charge < -0.3 is 10.6 Å². The number of hydrogen-bond donors (Lipinski definition) is 1. The van der Waals surface area contributed by atoms with Crippen molar-refractivity contribution in [2.24, 2.45) is 17.1 Å². The lowest BCUT2D eigenvalue weighted by Gasteiger charge is -2.42. The van der Waals surface area contributed by atoms with Crippen molar-refractivity contribution in [3.63, 3.8) is 0 Å². The van der Waals surface area contributed by atoms with E-state index in [9.17, 15) is 0 Å². The van der Waals surface area contributed by atoms with Gasteiger partial charge in [0.25, 0.3) is 0 Å². The van der Waals surface area contributed by atoms with Gasteiger partial charge in [0.15, 0.2) is 0 Å². The lowest BCUT2D eigenvalue weighted by atomic mass is 9.70. The molecule has 1 aliphatic heterocycles. The average molecular weight is 281 g/mol. The topological polar surface area (TPSA) is 32.5 Å². The van der Waals surface area contributed by atoms with Gasteiger partial charge in [-0.25, -0.2) is 0 Å². The minimum Gasteiger partial charge on any atom is -0.330 e. The molecule has 0 radical (unpaired) electrons. The van der Waals surface area contributed by atoms with E-state index in [-0.39, 0.29) is 0 Å². The summed E-state index contributed by atoms with van der Waals surface area (Å²) < 4.78 is 0. The van der Waals surface area contributed by atoms with E-state index in [0.29, 0.717) is 5.41 Å². The Morgan fingerprint density at radius 1 is 1.25 bits per heavy atom. The van der Waals surface area contributed by atoms with Crippen LogP contribution in [0.5, 0.6) is 0 Å². The molecule has 0 aromatic heterocycles. The molecule has 1 aliphatic carbocycles. The number of nitrogens with zero attached hydrogens (tertiary/aromatic N) is 2. The van der Waals surface area contributed by atoms with Crippen LogP contribution in [-0.2, 0) is 0 Å². The molecule has 3 heteroatoms. The van der Waals surface area contributed by atoms with Crippen LogP contribution < -0.4 is 5.73 Å². The highest BCUT2D eigenvalue weighted by molar-refractivity contribution is 4.92. The van der Waals surface area contributed by atoms with E-state index in [1.54, 1.807) is 0 Å². The molecule has 0 bridgehead atoms. The van der Waals surface area contributed by atoms with Gasteiger partial charge in [-0.3, -0.25) is 4.90 Å². The number of nitrogens with two attached hydrogens (primary N) is 1. The van der Waals surface area contributed by atoms with Crippen molar-refractivity contribution in [1.82, 2.24) is 9.80 Å². The maximum Gasteiger partial charge on any atom is 0.0235 e. The third-order valence-corrected chi connectivity index (χ3v) is 5.75. The average Bonchev–Trinajstić information content (AvgIpc) is 2.88. The molecule has 118 valence electrons. The van der Waals surface area contributed by atoms with Crippen LogP contribution in [0.25, 0.3) is 0 Å². The monoisotopic (exact) mass is 281 g/mol. The van der Waals surface area contributed by atoms with Crippen molar-refractivity contribution in [2.75, 3.05) is 39.3 Å². The minimum absolute atomic E-state index is 0.413. The summed E-state index contributed by atoms with van der Waals surface area (Å²) in [6.45, 7) is 14.0. The summed E-state index contributed by atoms with van der Waals surface area (Å²) in [6, 6.07) is 0.779. The number of rotatable bonds is 6. The van der Waals surface area contributed by atoms with Crippen molar-refractivity contribution < 1.29 is 0 Å². The zero-order valence-electron chi connectivity index (χ0n) is 13.9. The fourth-order valence-corrected chi connectivity index (χ4v) is 4.63. The van der Waals surface area contributed by atoms with Crippen LogP contribution in [0.2, 0.25) is 0 Å². The molecule has 0 amide bonds. The molecular weight excluding hydrogens is 246 g/mol. The van der Waals surface area contributed by atoms with E-state index in [2.05, 4.69) is 30.6 Å². The Morgan fingerprint density at radius 3 is 2.60 bits per heavy atom. The largest absolute Gasteiger partial charge is 0.330 e. The fraction of sp³-hybridized carbons (Fsp3) is 1.00. The maximum absolute atomic E-state index is 6.19. The molecule has 3 nitrogen and oxygen atoms in total. The predicted molar refractivity (Wildman–Crippen MR) is 86.9 cm³/mol. The molecule has 2 aliphatic rings. The molecule has 20 heavy (non-hydrogen) atoms. The SMILES string of the molecule is CCN(CC)C1CCN(CC2(CN)CCCC(C)C2)C1. The highest BCUT2D eigenvalue weighted by Gasteiger charge is 2.37. The molecule has 3 unspecified atom stereocenters. The second-order valence-corrected chi connectivity index (χ2v) is 7.30. The normalized spacial score (nSPS) is 35.9. The Hall–Kier alpha value is -0.120. The predicted octanol–water partition coefficient (Wildman–Crippen LogP) is 2.56. The van der Waals surface area contributed by atoms with Crippen LogP contribution in [0.3, 0.4) is 0 Å². The minimum atomic E-state index is 0.413. The van der Waals surface area contributed by atoms with E-state index in [4.69, 9.17) is 5.73 Å². The molecule has 0 spiro atoms. The lowest BCUT2D eigenvalue weighted by molar-refractivity contribution is 0.0950. The molecule has 2 rings (SSSR count). The summed E-state index contributed by atoms with van der Waals surface area (Å²) in [5.74, 6) is 0.869. The molecule has 0 aromatic carbocycles. The second kappa shape index (κ2) is 7.24. The van der Waals surface area contributed by atoms with E-state index in [1.165, 1.54) is 64.8 Å². The summed E-state index contributed by atoms with van der Waals surface area (Å²) in [4.78, 5) is 5.33. The van der Waals surface area contributed by atoms with Crippen molar-refractivity contribution >= 4 is 0 Å². The standard InChI is InChI=1S/C17H35N3/c1-4-20(5-2)16-8-10-19(12-16)14-17(13-18)9-6-7-15(3)11-17/h15-16H,4-14,18H2,1-3H3. The highest BCUT2D eigenvalue weighted by Crippen LogP contribution is 2.39. The summed E-state index contributed by atoms with van der Waals surface area (Å²) in [5, 5.41) is 0. The third kappa shape index (κ3) is 3.75. The molecule has 3 atom stereocenters. The van der Waals surface area contributed by atoms with Gasteiger partial charge in [0.2, 0.25) is 0 Å². The Bertz CT molecular complexity index is 290. The smallest absolute Gasteiger partial charge is 0.0235 e. The molecule has 1 saturated carbocycles. The van der Waals surface area contributed by atoms with Crippen molar-refractivity contribution in [3.8, 4) is 0 Å². The van der Waals surface area contributed by atoms with Gasteiger partial charge in [0, 0.05) is 19.1 Å². The lowest BCUT2D eigenvalue weighted by Crippen LogP contribution is -2.45. The first-order valence-corrected chi connectivity index (χ1v) is 8.79. The highest BCUT2D eigenvalue weighted by atomic mass is 15.3. The second-order valence-electron chi connectivity index (χ2n) is 7.30. The van der Waals surface area contributed by atoms with Crippen LogP contribution in [0, 0.1) is 11.3 Å². The van der Waals surface area contributed by atoms with Crippen molar-refractivity contribution in [3.05, 3.63) is 0 Å². The first kappa shape index (κ1) is 16.3. The van der Waals surface area contributed by atoms with E-state index in [0.717, 1.165) is 18.5 Å². The van der Waals surface area contributed by atoms with Crippen LogP contribution in [-0.4, -0.2) is 55.1 Å². The molecule has 0 aromatic rings. The fourth-order valence-electron chi connectivity index (χ4n) is 4.63. The summed E-state index contributed by atoms with van der Waals surface area (Å²) >= 11 is 0. The van der Waals surface area contributed by atoms with Gasteiger partial charge in [-0.2, -0.15) is 0 Å². The zero-order valence-corrected chi connectivity index (χ0v) is 13.9. The van der Waals surface area contributed by atoms with Crippen LogP contribution in [0.4, 0.5) is 0 Å². The maximum atomic E-state index is 6.19. The Labute approximate surface area is 125 Å². The summed E-state index contributed by atoms with van der Waals surface area (Å²) in [7, 11) is 0. The van der Waals surface area contributed by atoms with Crippen LogP contribution >= 0.6 is 0 Å². The molecule has 2 fully saturated rings. The summed E-state index contributed by atoms with van der Waals surface area (Å²) in [6.07, 6.45) is 6.82. The van der Waals surface area contributed by atoms with Crippen LogP contribution in [0.1, 0.15) is 52.9 Å². The Balaban J connectivity index is 1.89. The third-order valence-electron chi connectivity index (χ3n) is 5.75. The first-order chi connectivity index (χ1) is 9.62. The van der Waals surface area contributed by atoms with Gasteiger partial charge in [0.05, 0.1) is 0 Å². The number of likely N-dealkylation sites (tertiary alicyclic amines) is 1. The van der Waals surface area contributed by atoms with Gasteiger partial charge >= 0.3 is 0 Å². The molecule has 1 heterocycles. The van der Waals surface area contributed by atoms with Gasteiger partial charge in [-0.05, 0) is 56.8 Å². The Morgan fingerprint density at radius 2 is 2.00 bits per heavy atom. The van der Waals surface area contributed by atoms with Crippen LogP contribution in [0.15, 0.2) is 0 Å². The number of hydrogen-bond acceptors (Lipinski definition) is 3. The van der Waals surface area contributed by atoms with Crippen molar-refractivity contribution in [2.45, 2.75) is 58.9 Å². The molecule has 2 N–H and O–H groups in total. The number of likely N-dealkylation sites (N-methyl/N-ethyl adjacent to an activating group) is 1. The van der Waals surface area contributed by atoms with E-state index < -0.39 is 0 Å².